The number of aliphatic hydroxyl groups excluding tert-OH is 1. The van der Waals surface area contributed by atoms with Crippen molar-refractivity contribution in [3.8, 4) is 0 Å². The molecule has 0 saturated heterocycles. The Labute approximate surface area is 117 Å². The largest absolute Gasteiger partial charge is 0.396 e. The maximum Gasteiger partial charge on any atom is 0.0502 e. The third kappa shape index (κ3) is 3.21. The second-order valence-corrected chi connectivity index (χ2v) is 5.44. The van der Waals surface area contributed by atoms with Crippen LogP contribution in [-0.4, -0.2) is 11.7 Å². The lowest BCUT2D eigenvalue weighted by Crippen LogP contribution is -2.08. The Kier molecular flexibility index (Phi) is 4.56. The average Bonchev–Trinajstić information content (AvgIpc) is 2.38. The van der Waals surface area contributed by atoms with Crippen LogP contribution >= 0.6 is 15.9 Å². The molecule has 0 fully saturated rings. The highest BCUT2D eigenvalue weighted by molar-refractivity contribution is 9.10. The lowest BCUT2D eigenvalue weighted by atomic mass is 9.92. The molecule has 1 N–H and O–H groups in total. The summed E-state index contributed by atoms with van der Waals surface area (Å²) < 4.78 is 1.11. The highest BCUT2D eigenvalue weighted by Crippen LogP contribution is 2.25. The van der Waals surface area contributed by atoms with Gasteiger partial charge in [0, 0.05) is 10.4 Å². The van der Waals surface area contributed by atoms with Gasteiger partial charge in [0.1, 0.15) is 0 Å². The summed E-state index contributed by atoms with van der Waals surface area (Å²) in [5.74, 6) is 0.156. The Balaban J connectivity index is 2.23. The molecule has 0 spiro atoms. The second-order valence-electron chi connectivity index (χ2n) is 4.59. The van der Waals surface area contributed by atoms with Gasteiger partial charge in [0.15, 0.2) is 0 Å². The number of hydrogen-bond acceptors (Lipinski definition) is 1. The zero-order valence-electron chi connectivity index (χ0n) is 10.4. The number of aliphatic hydroxyl groups is 1. The van der Waals surface area contributed by atoms with Gasteiger partial charge in [-0.2, -0.15) is 0 Å². The number of aryl methyl sites for hydroxylation is 1. The Hall–Kier alpha value is -1.12. The maximum atomic E-state index is 9.61. The zero-order chi connectivity index (χ0) is 13.0. The molecule has 18 heavy (non-hydrogen) atoms. The van der Waals surface area contributed by atoms with Crippen LogP contribution in [0.2, 0.25) is 0 Å². The van der Waals surface area contributed by atoms with E-state index in [1.807, 2.05) is 24.3 Å². The predicted octanol–water partition coefficient (Wildman–Crippen LogP) is 4.08. The fraction of sp³-hybridized carbons (Fsp3) is 0.250. The zero-order valence-corrected chi connectivity index (χ0v) is 12.0. The molecule has 0 radical (unpaired) electrons. The van der Waals surface area contributed by atoms with E-state index in [0.29, 0.717) is 0 Å². The van der Waals surface area contributed by atoms with Crippen molar-refractivity contribution in [2.75, 3.05) is 6.61 Å². The first-order chi connectivity index (χ1) is 8.70. The van der Waals surface area contributed by atoms with E-state index < -0.39 is 0 Å². The molecular formula is C16H17BrO. The molecule has 94 valence electrons. The number of rotatable bonds is 4. The van der Waals surface area contributed by atoms with Gasteiger partial charge >= 0.3 is 0 Å². The van der Waals surface area contributed by atoms with Crippen molar-refractivity contribution in [1.82, 2.24) is 0 Å². The van der Waals surface area contributed by atoms with E-state index in [-0.39, 0.29) is 12.5 Å². The van der Waals surface area contributed by atoms with E-state index in [0.717, 1.165) is 10.9 Å². The first-order valence-corrected chi connectivity index (χ1v) is 6.91. The summed E-state index contributed by atoms with van der Waals surface area (Å²) >= 11 is 3.56. The summed E-state index contributed by atoms with van der Waals surface area (Å²) in [4.78, 5) is 0. The second kappa shape index (κ2) is 6.17. The van der Waals surface area contributed by atoms with Crippen LogP contribution in [0.5, 0.6) is 0 Å². The van der Waals surface area contributed by atoms with Gasteiger partial charge in [0.2, 0.25) is 0 Å². The Morgan fingerprint density at radius 3 is 2.56 bits per heavy atom. The summed E-state index contributed by atoms with van der Waals surface area (Å²) in [6.07, 6.45) is 0.849. The highest BCUT2D eigenvalue weighted by Gasteiger charge is 2.12. The molecule has 0 amide bonds. The molecule has 2 aromatic rings. The van der Waals surface area contributed by atoms with Crippen LogP contribution in [0.3, 0.4) is 0 Å². The van der Waals surface area contributed by atoms with Crippen LogP contribution < -0.4 is 0 Å². The fourth-order valence-corrected chi connectivity index (χ4v) is 2.59. The summed E-state index contributed by atoms with van der Waals surface area (Å²) in [6.45, 7) is 2.25. The minimum atomic E-state index is 0.156. The average molecular weight is 305 g/mol. The van der Waals surface area contributed by atoms with Gasteiger partial charge in [0.05, 0.1) is 6.61 Å². The number of halogens is 1. The van der Waals surface area contributed by atoms with Crippen LogP contribution in [0.15, 0.2) is 53.0 Å². The van der Waals surface area contributed by atoms with Crippen molar-refractivity contribution < 1.29 is 5.11 Å². The van der Waals surface area contributed by atoms with Crippen LogP contribution in [-0.2, 0) is 6.42 Å². The molecule has 0 heterocycles. The third-order valence-electron chi connectivity index (χ3n) is 3.16. The van der Waals surface area contributed by atoms with Crippen LogP contribution in [0, 0.1) is 6.92 Å². The maximum absolute atomic E-state index is 9.61. The van der Waals surface area contributed by atoms with Gasteiger partial charge in [-0.25, -0.2) is 0 Å². The first-order valence-electron chi connectivity index (χ1n) is 6.11. The van der Waals surface area contributed by atoms with E-state index >= 15 is 0 Å². The number of hydrogen-bond donors (Lipinski definition) is 1. The third-order valence-corrected chi connectivity index (χ3v) is 3.93. The van der Waals surface area contributed by atoms with Gasteiger partial charge in [-0.3, -0.25) is 0 Å². The molecule has 0 aromatic heterocycles. The summed E-state index contributed by atoms with van der Waals surface area (Å²) in [7, 11) is 0. The molecule has 2 heteroatoms. The molecule has 0 aliphatic heterocycles. The molecule has 2 aromatic carbocycles. The van der Waals surface area contributed by atoms with E-state index in [1.54, 1.807) is 0 Å². The summed E-state index contributed by atoms with van der Waals surface area (Å²) in [6, 6.07) is 16.5. The molecule has 0 saturated carbocycles. The quantitative estimate of drug-likeness (QED) is 0.902. The lowest BCUT2D eigenvalue weighted by Gasteiger charge is -2.16. The Morgan fingerprint density at radius 2 is 1.89 bits per heavy atom. The fourth-order valence-electron chi connectivity index (χ4n) is 2.14. The smallest absolute Gasteiger partial charge is 0.0502 e. The topological polar surface area (TPSA) is 20.2 Å². The molecular weight excluding hydrogens is 288 g/mol. The number of benzene rings is 2. The van der Waals surface area contributed by atoms with Crippen LogP contribution in [0.4, 0.5) is 0 Å². The Morgan fingerprint density at radius 1 is 1.11 bits per heavy atom. The van der Waals surface area contributed by atoms with Crippen LogP contribution in [0.1, 0.15) is 22.6 Å². The van der Waals surface area contributed by atoms with Gasteiger partial charge in [-0.05, 0) is 30.5 Å². The molecule has 1 atom stereocenters. The minimum absolute atomic E-state index is 0.156. The van der Waals surface area contributed by atoms with Crippen molar-refractivity contribution in [2.24, 2.45) is 0 Å². The first kappa shape index (κ1) is 13.3. The lowest BCUT2D eigenvalue weighted by molar-refractivity contribution is 0.264. The highest BCUT2D eigenvalue weighted by atomic mass is 79.9. The molecule has 0 bridgehead atoms. The van der Waals surface area contributed by atoms with E-state index in [9.17, 15) is 5.11 Å². The van der Waals surface area contributed by atoms with Crippen LogP contribution in [0.25, 0.3) is 0 Å². The minimum Gasteiger partial charge on any atom is -0.396 e. The van der Waals surface area contributed by atoms with Crippen molar-refractivity contribution in [2.45, 2.75) is 19.3 Å². The van der Waals surface area contributed by atoms with Gasteiger partial charge in [-0.1, -0.05) is 64.0 Å². The van der Waals surface area contributed by atoms with E-state index in [4.69, 9.17) is 0 Å². The monoisotopic (exact) mass is 304 g/mol. The van der Waals surface area contributed by atoms with E-state index in [1.165, 1.54) is 16.7 Å². The summed E-state index contributed by atoms with van der Waals surface area (Å²) in [5.41, 5.74) is 3.67. The standard InChI is InChI=1S/C16H17BrO/c1-12-5-4-7-13(9-12)15(11-18)10-14-6-2-3-8-16(14)17/h2-9,15,18H,10-11H2,1H3. The van der Waals surface area contributed by atoms with Crippen molar-refractivity contribution in [3.63, 3.8) is 0 Å². The molecule has 2 rings (SSSR count). The summed E-state index contributed by atoms with van der Waals surface area (Å²) in [5, 5.41) is 9.61. The van der Waals surface area contributed by atoms with Crippen molar-refractivity contribution in [3.05, 3.63) is 69.7 Å². The van der Waals surface area contributed by atoms with Crippen molar-refractivity contribution >= 4 is 15.9 Å². The van der Waals surface area contributed by atoms with Gasteiger partial charge in [0.25, 0.3) is 0 Å². The molecule has 0 aliphatic carbocycles. The van der Waals surface area contributed by atoms with Gasteiger partial charge < -0.3 is 5.11 Å². The molecule has 1 unspecified atom stereocenters. The van der Waals surface area contributed by atoms with Gasteiger partial charge in [-0.15, -0.1) is 0 Å². The molecule has 1 nitrogen and oxygen atoms in total. The molecule has 0 aliphatic rings. The van der Waals surface area contributed by atoms with Crippen molar-refractivity contribution in [1.29, 1.82) is 0 Å². The normalized spacial score (nSPS) is 12.4. The predicted molar refractivity (Wildman–Crippen MR) is 78.9 cm³/mol. The SMILES string of the molecule is Cc1cccc(C(CO)Cc2ccccc2Br)c1. The Bertz CT molecular complexity index is 522. The van der Waals surface area contributed by atoms with E-state index in [2.05, 4.69) is 47.1 Å².